The molecule has 6 nitrogen and oxygen atoms in total. The summed E-state index contributed by atoms with van der Waals surface area (Å²) in [5.74, 6) is -1.93. The van der Waals surface area contributed by atoms with E-state index >= 15 is 0 Å². The first-order valence-corrected chi connectivity index (χ1v) is 10.2. The molecule has 0 saturated heterocycles. The molecule has 0 aliphatic carbocycles. The van der Waals surface area contributed by atoms with Crippen LogP contribution in [0.25, 0.3) is 0 Å². The van der Waals surface area contributed by atoms with Crippen LogP contribution in [0.3, 0.4) is 0 Å². The van der Waals surface area contributed by atoms with E-state index < -0.39 is 24.1 Å². The highest BCUT2D eigenvalue weighted by Crippen LogP contribution is 2.17. The van der Waals surface area contributed by atoms with E-state index in [2.05, 4.69) is 6.58 Å². The fourth-order valence-corrected chi connectivity index (χ4v) is 2.02. The second kappa shape index (κ2) is 19.7. The van der Waals surface area contributed by atoms with Gasteiger partial charge < -0.3 is 20.4 Å². The molecule has 2 unspecified atom stereocenters. The third-order valence-corrected chi connectivity index (χ3v) is 3.63. The zero-order chi connectivity index (χ0) is 24.9. The van der Waals surface area contributed by atoms with Gasteiger partial charge >= 0.3 is 11.9 Å². The van der Waals surface area contributed by atoms with Crippen LogP contribution in [-0.2, 0) is 9.59 Å². The van der Waals surface area contributed by atoms with Gasteiger partial charge in [-0.25, -0.2) is 9.59 Å². The summed E-state index contributed by atoms with van der Waals surface area (Å²) in [5.41, 5.74) is 0.990. The Hall–Kier alpha value is -3.22. The smallest absolute Gasteiger partial charge is 0.331 e. The molecule has 2 aromatic carbocycles. The Labute approximate surface area is 191 Å². The summed E-state index contributed by atoms with van der Waals surface area (Å²) in [7, 11) is 0. The molecular weight excluding hydrogens is 408 g/mol. The highest BCUT2D eigenvalue weighted by Gasteiger charge is 2.13. The molecule has 2 aromatic rings. The van der Waals surface area contributed by atoms with Gasteiger partial charge in [-0.1, -0.05) is 84.9 Å². The molecule has 0 spiro atoms. The topological polar surface area (TPSA) is 115 Å². The average molecular weight is 445 g/mol. The van der Waals surface area contributed by atoms with Gasteiger partial charge in [0.1, 0.15) is 0 Å². The van der Waals surface area contributed by atoms with Crippen molar-refractivity contribution in [1.29, 1.82) is 0 Å². The molecule has 32 heavy (non-hydrogen) atoms. The van der Waals surface area contributed by atoms with Gasteiger partial charge in [-0.2, -0.15) is 0 Å². The molecule has 2 rings (SSSR count). The SMILES string of the molecule is C=C(C)C(=O)O.CC(C(=O)O)=C(CC(C)O)CC(C)O.c1ccccc1.c1ccccc1. The van der Waals surface area contributed by atoms with Crippen LogP contribution in [0.2, 0.25) is 0 Å². The summed E-state index contributed by atoms with van der Waals surface area (Å²) in [5, 5.41) is 35.0. The summed E-state index contributed by atoms with van der Waals surface area (Å²) >= 11 is 0. The second-order valence-corrected chi connectivity index (χ2v) is 7.03. The Morgan fingerprint density at radius 3 is 1.00 bits per heavy atom. The third-order valence-electron chi connectivity index (χ3n) is 3.63. The van der Waals surface area contributed by atoms with Crippen molar-refractivity contribution in [1.82, 2.24) is 0 Å². The highest BCUT2D eigenvalue weighted by atomic mass is 16.4. The number of aliphatic hydroxyl groups excluding tert-OH is 2. The fraction of sp³-hybridized carbons (Fsp3) is 0.308. The van der Waals surface area contributed by atoms with Crippen LogP contribution in [0.15, 0.2) is 96.1 Å². The van der Waals surface area contributed by atoms with E-state index in [1.54, 1.807) is 13.8 Å². The summed E-state index contributed by atoms with van der Waals surface area (Å²) in [6.07, 6.45) is -0.581. The van der Waals surface area contributed by atoms with Crippen LogP contribution in [0, 0.1) is 0 Å². The van der Waals surface area contributed by atoms with Gasteiger partial charge in [-0.05, 0) is 40.5 Å². The maximum atomic E-state index is 10.7. The third kappa shape index (κ3) is 21.5. The van der Waals surface area contributed by atoms with Crippen molar-refractivity contribution in [3.8, 4) is 0 Å². The largest absolute Gasteiger partial charge is 0.478 e. The Morgan fingerprint density at radius 2 is 0.875 bits per heavy atom. The quantitative estimate of drug-likeness (QED) is 0.469. The number of carboxylic acid groups (broad SMARTS) is 2. The van der Waals surface area contributed by atoms with Crippen molar-refractivity contribution < 1.29 is 30.0 Å². The minimum atomic E-state index is -0.999. The molecule has 0 aromatic heterocycles. The molecule has 0 bridgehead atoms. The summed E-state index contributed by atoms with van der Waals surface area (Å²) < 4.78 is 0. The lowest BCUT2D eigenvalue weighted by Gasteiger charge is -2.13. The summed E-state index contributed by atoms with van der Waals surface area (Å²) in [4.78, 5) is 20.3. The maximum absolute atomic E-state index is 10.7. The number of benzene rings is 2. The lowest BCUT2D eigenvalue weighted by Crippen LogP contribution is -2.12. The molecule has 4 N–H and O–H groups in total. The van der Waals surface area contributed by atoms with Crippen molar-refractivity contribution in [2.75, 3.05) is 0 Å². The molecule has 0 heterocycles. The summed E-state index contributed by atoms with van der Waals surface area (Å²) in [6, 6.07) is 24.0. The van der Waals surface area contributed by atoms with Gasteiger partial charge in [0.15, 0.2) is 0 Å². The minimum absolute atomic E-state index is 0.176. The Bertz CT molecular complexity index is 672. The van der Waals surface area contributed by atoms with Gasteiger partial charge in [0.25, 0.3) is 0 Å². The van der Waals surface area contributed by atoms with Crippen LogP contribution in [0.1, 0.15) is 40.5 Å². The zero-order valence-electron chi connectivity index (χ0n) is 19.3. The number of aliphatic hydroxyl groups is 2. The average Bonchev–Trinajstić information content (AvgIpc) is 2.75. The van der Waals surface area contributed by atoms with Crippen LogP contribution < -0.4 is 0 Å². The molecule has 0 aliphatic rings. The highest BCUT2D eigenvalue weighted by molar-refractivity contribution is 5.86. The van der Waals surface area contributed by atoms with Crippen LogP contribution >= 0.6 is 0 Å². The van der Waals surface area contributed by atoms with E-state index in [1.807, 2.05) is 72.8 Å². The second-order valence-electron chi connectivity index (χ2n) is 7.03. The molecule has 0 fully saturated rings. The maximum Gasteiger partial charge on any atom is 0.331 e. The first-order valence-electron chi connectivity index (χ1n) is 10.2. The van der Waals surface area contributed by atoms with E-state index in [1.165, 1.54) is 13.8 Å². The molecule has 0 amide bonds. The molecule has 2 atom stereocenters. The van der Waals surface area contributed by atoms with E-state index in [4.69, 9.17) is 20.4 Å². The molecular formula is C26H36O6. The van der Waals surface area contributed by atoms with Crippen molar-refractivity contribution in [2.24, 2.45) is 0 Å². The first kappa shape index (κ1) is 31.0. The van der Waals surface area contributed by atoms with Crippen LogP contribution in [0.4, 0.5) is 0 Å². The van der Waals surface area contributed by atoms with Gasteiger partial charge in [0, 0.05) is 11.1 Å². The van der Waals surface area contributed by atoms with Gasteiger partial charge in [0.2, 0.25) is 0 Å². The van der Waals surface area contributed by atoms with Crippen molar-refractivity contribution in [3.63, 3.8) is 0 Å². The van der Waals surface area contributed by atoms with E-state index in [9.17, 15) is 9.59 Å². The van der Waals surface area contributed by atoms with Gasteiger partial charge in [-0.3, -0.25) is 0 Å². The number of carbonyl (C=O) groups is 2. The number of hydrogen-bond donors (Lipinski definition) is 4. The van der Waals surface area contributed by atoms with Crippen molar-refractivity contribution in [2.45, 2.75) is 52.7 Å². The van der Waals surface area contributed by atoms with Gasteiger partial charge in [0.05, 0.1) is 12.2 Å². The lowest BCUT2D eigenvalue weighted by molar-refractivity contribution is -0.133. The molecule has 6 heteroatoms. The monoisotopic (exact) mass is 444 g/mol. The van der Waals surface area contributed by atoms with E-state index in [0.29, 0.717) is 18.4 Å². The normalized spacial score (nSPS) is 10.8. The van der Waals surface area contributed by atoms with Crippen molar-refractivity contribution >= 4 is 11.9 Å². The van der Waals surface area contributed by atoms with E-state index in [-0.39, 0.29) is 11.1 Å². The Kier molecular flexibility index (Phi) is 19.1. The molecule has 176 valence electrons. The van der Waals surface area contributed by atoms with E-state index in [0.717, 1.165) is 0 Å². The number of aliphatic carboxylic acids is 2. The Balaban J connectivity index is 0. The molecule has 0 radical (unpaired) electrons. The number of carboxylic acids is 2. The zero-order valence-corrected chi connectivity index (χ0v) is 19.3. The van der Waals surface area contributed by atoms with Gasteiger partial charge in [-0.15, -0.1) is 0 Å². The van der Waals surface area contributed by atoms with Crippen LogP contribution in [-0.4, -0.2) is 44.6 Å². The minimum Gasteiger partial charge on any atom is -0.478 e. The number of rotatable bonds is 6. The summed E-state index contributed by atoms with van der Waals surface area (Å²) in [6.45, 7) is 9.28. The molecule has 0 saturated carbocycles. The number of hydrogen-bond acceptors (Lipinski definition) is 4. The predicted molar refractivity (Wildman–Crippen MR) is 128 cm³/mol. The van der Waals surface area contributed by atoms with Crippen molar-refractivity contribution in [3.05, 3.63) is 96.1 Å². The fourth-order valence-electron chi connectivity index (χ4n) is 2.02. The predicted octanol–water partition coefficient (Wildman–Crippen LogP) is 4.95. The van der Waals surface area contributed by atoms with Crippen LogP contribution in [0.5, 0.6) is 0 Å². The standard InChI is InChI=1S/C10H18O4.2C6H6.C4H6O2/c1-6(11)4-9(5-7(2)12)8(3)10(13)14;2*1-2-4-6-5-3-1;1-3(2)4(5)6/h6-7,11-12H,4-5H2,1-3H3,(H,13,14);2*1-6H;1H2,2H3,(H,5,6). The lowest BCUT2D eigenvalue weighted by atomic mass is 9.98. The molecule has 0 aliphatic heterocycles. The Morgan fingerprint density at radius 1 is 0.656 bits per heavy atom. The first-order chi connectivity index (χ1) is 15.0.